The Hall–Kier alpha value is -1.32. The van der Waals surface area contributed by atoms with Crippen molar-refractivity contribution in [1.29, 1.82) is 0 Å². The van der Waals surface area contributed by atoms with Crippen LogP contribution in [0.25, 0.3) is 6.08 Å². The third-order valence-corrected chi connectivity index (χ3v) is 7.23. The summed E-state index contributed by atoms with van der Waals surface area (Å²) in [6.45, 7) is 4.39. The molecule has 2 aliphatic rings. The average Bonchev–Trinajstić information content (AvgIpc) is 3.07. The second kappa shape index (κ2) is 8.59. The van der Waals surface area contributed by atoms with Crippen LogP contribution in [0, 0.1) is 0 Å². The number of hydrogen-bond donors (Lipinski definition) is 1. The SMILES string of the molecule is CNCC(CCN1CCC2(C=Cc3ccccc32)CC1)c1ccc(Cl)c(Cl)c1. The van der Waals surface area contributed by atoms with Gasteiger partial charge in [-0.25, -0.2) is 0 Å². The van der Waals surface area contributed by atoms with Crippen LogP contribution in [0.3, 0.4) is 0 Å². The van der Waals surface area contributed by atoms with Crippen LogP contribution in [0.5, 0.6) is 0 Å². The summed E-state index contributed by atoms with van der Waals surface area (Å²) >= 11 is 12.3. The van der Waals surface area contributed by atoms with Crippen molar-refractivity contribution in [1.82, 2.24) is 10.2 Å². The molecule has 148 valence electrons. The standard InChI is InChI=1S/C24H28Cl2N2/c1-27-17-20(19-6-7-22(25)23(26)16-19)9-13-28-14-11-24(12-15-28)10-8-18-4-2-3-5-21(18)24/h2-8,10,16,20,27H,9,11-15,17H2,1H3. The van der Waals surface area contributed by atoms with Gasteiger partial charge in [-0.1, -0.05) is 65.7 Å². The van der Waals surface area contributed by atoms with Crippen molar-refractivity contribution in [2.75, 3.05) is 33.2 Å². The largest absolute Gasteiger partial charge is 0.319 e. The molecule has 1 heterocycles. The summed E-state index contributed by atoms with van der Waals surface area (Å²) in [6, 6.07) is 14.9. The average molecular weight is 415 g/mol. The van der Waals surface area contributed by atoms with Gasteiger partial charge in [0, 0.05) is 12.0 Å². The molecule has 2 aromatic rings. The molecule has 0 saturated carbocycles. The topological polar surface area (TPSA) is 15.3 Å². The number of nitrogens with zero attached hydrogens (tertiary/aromatic N) is 1. The maximum Gasteiger partial charge on any atom is 0.0595 e. The molecule has 1 N–H and O–H groups in total. The molecule has 1 aliphatic carbocycles. The van der Waals surface area contributed by atoms with Crippen molar-refractivity contribution in [2.24, 2.45) is 0 Å². The summed E-state index contributed by atoms with van der Waals surface area (Å²) in [5, 5.41) is 4.61. The first-order chi connectivity index (χ1) is 13.6. The van der Waals surface area contributed by atoms with E-state index in [2.05, 4.69) is 52.7 Å². The van der Waals surface area contributed by atoms with Gasteiger partial charge in [-0.2, -0.15) is 0 Å². The molecule has 0 aromatic heterocycles. The summed E-state index contributed by atoms with van der Waals surface area (Å²) in [4.78, 5) is 2.63. The number of nitrogens with one attached hydrogen (secondary N) is 1. The summed E-state index contributed by atoms with van der Waals surface area (Å²) < 4.78 is 0. The van der Waals surface area contributed by atoms with Gasteiger partial charge in [0.15, 0.2) is 0 Å². The fraction of sp³-hybridized carbons (Fsp3) is 0.417. The maximum atomic E-state index is 6.25. The number of likely N-dealkylation sites (N-methyl/N-ethyl adjacent to an activating group) is 1. The minimum absolute atomic E-state index is 0.265. The van der Waals surface area contributed by atoms with Gasteiger partial charge < -0.3 is 10.2 Å². The highest BCUT2D eigenvalue weighted by Crippen LogP contribution is 2.43. The third-order valence-electron chi connectivity index (χ3n) is 6.49. The third kappa shape index (κ3) is 4.02. The maximum absolute atomic E-state index is 6.25. The van der Waals surface area contributed by atoms with Crippen molar-refractivity contribution in [3.63, 3.8) is 0 Å². The number of benzene rings is 2. The van der Waals surface area contributed by atoms with E-state index in [0.29, 0.717) is 16.0 Å². The number of rotatable bonds is 6. The summed E-state index contributed by atoms with van der Waals surface area (Å²) in [6.07, 6.45) is 8.32. The molecule has 1 aliphatic heterocycles. The van der Waals surface area contributed by atoms with Crippen LogP contribution in [0.1, 0.15) is 41.9 Å². The Kier molecular flexibility index (Phi) is 6.13. The molecule has 1 atom stereocenters. The fourth-order valence-corrected chi connectivity index (χ4v) is 5.09. The highest BCUT2D eigenvalue weighted by atomic mass is 35.5. The van der Waals surface area contributed by atoms with E-state index in [1.807, 2.05) is 19.2 Å². The lowest BCUT2D eigenvalue weighted by atomic mass is 9.74. The van der Waals surface area contributed by atoms with E-state index in [-0.39, 0.29) is 5.41 Å². The number of allylic oxidation sites excluding steroid dienone is 1. The summed E-state index contributed by atoms with van der Waals surface area (Å²) in [5.74, 6) is 0.447. The fourth-order valence-electron chi connectivity index (χ4n) is 4.78. The number of piperidine rings is 1. The van der Waals surface area contributed by atoms with Crippen LogP contribution in [0.2, 0.25) is 10.0 Å². The van der Waals surface area contributed by atoms with Gasteiger partial charge in [-0.15, -0.1) is 0 Å². The van der Waals surface area contributed by atoms with Gasteiger partial charge >= 0.3 is 0 Å². The molecule has 4 heteroatoms. The molecule has 2 nitrogen and oxygen atoms in total. The lowest BCUT2D eigenvalue weighted by Gasteiger charge is -2.39. The van der Waals surface area contributed by atoms with Crippen LogP contribution >= 0.6 is 23.2 Å². The monoisotopic (exact) mass is 414 g/mol. The number of fused-ring (bicyclic) bond motifs is 2. The van der Waals surface area contributed by atoms with Crippen molar-refractivity contribution in [2.45, 2.75) is 30.6 Å². The normalized spacial score (nSPS) is 19.1. The highest BCUT2D eigenvalue weighted by molar-refractivity contribution is 6.42. The zero-order valence-electron chi connectivity index (χ0n) is 16.4. The lowest BCUT2D eigenvalue weighted by molar-refractivity contribution is 0.179. The summed E-state index contributed by atoms with van der Waals surface area (Å²) in [7, 11) is 2.01. The second-order valence-corrected chi connectivity index (χ2v) is 8.95. The lowest BCUT2D eigenvalue weighted by Crippen LogP contribution is -2.41. The number of halogens is 2. The molecule has 1 unspecified atom stereocenters. The molecule has 0 amide bonds. The van der Waals surface area contributed by atoms with Gasteiger partial charge in [-0.3, -0.25) is 0 Å². The van der Waals surface area contributed by atoms with Gasteiger partial charge in [0.05, 0.1) is 10.0 Å². The Bertz CT molecular complexity index is 853. The van der Waals surface area contributed by atoms with Crippen LogP contribution in [0.15, 0.2) is 48.5 Å². The predicted octanol–water partition coefficient (Wildman–Crippen LogP) is 5.75. The van der Waals surface area contributed by atoms with Crippen LogP contribution in [0.4, 0.5) is 0 Å². The van der Waals surface area contributed by atoms with Gasteiger partial charge in [-0.05, 0) is 80.7 Å². The Morgan fingerprint density at radius 2 is 1.86 bits per heavy atom. The predicted molar refractivity (Wildman–Crippen MR) is 121 cm³/mol. The number of likely N-dealkylation sites (tertiary alicyclic amines) is 1. The van der Waals surface area contributed by atoms with Crippen LogP contribution in [-0.2, 0) is 5.41 Å². The minimum Gasteiger partial charge on any atom is -0.319 e. The van der Waals surface area contributed by atoms with Gasteiger partial charge in [0.25, 0.3) is 0 Å². The zero-order valence-corrected chi connectivity index (χ0v) is 17.9. The molecule has 2 aromatic carbocycles. The van der Waals surface area contributed by atoms with E-state index in [1.165, 1.54) is 29.5 Å². The van der Waals surface area contributed by atoms with E-state index in [4.69, 9.17) is 23.2 Å². The molecule has 0 radical (unpaired) electrons. The van der Waals surface area contributed by atoms with E-state index < -0.39 is 0 Å². The molecular formula is C24H28Cl2N2. The van der Waals surface area contributed by atoms with Gasteiger partial charge in [0.1, 0.15) is 0 Å². The molecular weight excluding hydrogens is 387 g/mol. The van der Waals surface area contributed by atoms with Crippen molar-refractivity contribution in [3.8, 4) is 0 Å². The Balaban J connectivity index is 1.37. The van der Waals surface area contributed by atoms with E-state index in [1.54, 1.807) is 0 Å². The van der Waals surface area contributed by atoms with E-state index in [9.17, 15) is 0 Å². The Labute approximate surface area is 178 Å². The molecule has 1 fully saturated rings. The number of hydrogen-bond acceptors (Lipinski definition) is 2. The molecule has 1 saturated heterocycles. The van der Waals surface area contributed by atoms with Crippen LogP contribution in [-0.4, -0.2) is 38.1 Å². The van der Waals surface area contributed by atoms with Crippen molar-refractivity contribution >= 4 is 29.3 Å². The Morgan fingerprint density at radius 3 is 2.61 bits per heavy atom. The molecule has 28 heavy (non-hydrogen) atoms. The quantitative estimate of drug-likeness (QED) is 0.647. The summed E-state index contributed by atoms with van der Waals surface area (Å²) in [5.41, 5.74) is 4.47. The first kappa shape index (κ1) is 20.0. The molecule has 1 spiro atoms. The Morgan fingerprint density at radius 1 is 1.07 bits per heavy atom. The van der Waals surface area contributed by atoms with Crippen molar-refractivity contribution in [3.05, 3.63) is 75.3 Å². The van der Waals surface area contributed by atoms with Crippen molar-refractivity contribution < 1.29 is 0 Å². The first-order valence-corrected chi connectivity index (χ1v) is 11.0. The van der Waals surface area contributed by atoms with Gasteiger partial charge in [0.2, 0.25) is 0 Å². The van der Waals surface area contributed by atoms with E-state index in [0.717, 1.165) is 32.6 Å². The zero-order chi connectivity index (χ0) is 19.6. The van der Waals surface area contributed by atoms with E-state index >= 15 is 0 Å². The minimum atomic E-state index is 0.265. The highest BCUT2D eigenvalue weighted by Gasteiger charge is 2.37. The second-order valence-electron chi connectivity index (χ2n) is 8.14. The van der Waals surface area contributed by atoms with Crippen LogP contribution < -0.4 is 5.32 Å². The smallest absolute Gasteiger partial charge is 0.0595 e. The molecule has 0 bridgehead atoms. The first-order valence-electron chi connectivity index (χ1n) is 10.2. The molecule has 4 rings (SSSR count).